The van der Waals surface area contributed by atoms with Gasteiger partial charge in [-0.05, 0) is 30.7 Å². The molecule has 0 saturated carbocycles. The third-order valence-corrected chi connectivity index (χ3v) is 2.58. The Morgan fingerprint density at radius 1 is 1.30 bits per heavy atom. The molecule has 0 spiro atoms. The number of anilines is 1. The first-order chi connectivity index (χ1) is 9.43. The number of carbonyl (C=O) groups is 3. The number of aliphatic carboxylic acids is 1. The Morgan fingerprint density at radius 2 is 1.90 bits per heavy atom. The van der Waals surface area contributed by atoms with Crippen molar-refractivity contribution >= 4 is 23.5 Å². The second-order valence-corrected chi connectivity index (χ2v) is 4.10. The molecule has 0 bridgehead atoms. The molecule has 1 unspecified atom stereocenters. The lowest BCUT2D eigenvalue weighted by atomic mass is 10.1. The van der Waals surface area contributed by atoms with Crippen LogP contribution in [-0.4, -0.2) is 36.1 Å². The molecule has 0 aromatic heterocycles. The second-order valence-electron chi connectivity index (χ2n) is 4.10. The molecule has 7 nitrogen and oxygen atoms in total. The molecule has 1 atom stereocenters. The van der Waals surface area contributed by atoms with Crippen LogP contribution < -0.4 is 11.1 Å². The van der Waals surface area contributed by atoms with Crippen molar-refractivity contribution in [1.29, 1.82) is 0 Å². The van der Waals surface area contributed by atoms with Gasteiger partial charge in [-0.1, -0.05) is 0 Å². The number of methoxy groups -OCH3 is 1. The van der Waals surface area contributed by atoms with Gasteiger partial charge >= 0.3 is 11.9 Å². The van der Waals surface area contributed by atoms with E-state index in [9.17, 15) is 14.4 Å². The van der Waals surface area contributed by atoms with E-state index in [4.69, 9.17) is 10.8 Å². The number of hydrogen-bond acceptors (Lipinski definition) is 5. The minimum atomic E-state index is -1.00. The van der Waals surface area contributed by atoms with E-state index in [1.807, 2.05) is 0 Å². The normalized spacial score (nSPS) is 11.5. The maximum Gasteiger partial charge on any atom is 0.337 e. The summed E-state index contributed by atoms with van der Waals surface area (Å²) in [5.74, 6) is -1.95. The predicted octanol–water partition coefficient (Wildman–Crippen LogP) is 0.604. The van der Waals surface area contributed by atoms with Crippen molar-refractivity contribution in [3.05, 3.63) is 29.8 Å². The van der Waals surface area contributed by atoms with Gasteiger partial charge in [-0.2, -0.15) is 0 Å². The zero-order valence-electron chi connectivity index (χ0n) is 11.0. The van der Waals surface area contributed by atoms with Crippen LogP contribution in [0.3, 0.4) is 0 Å². The zero-order valence-corrected chi connectivity index (χ0v) is 11.0. The first-order valence-electron chi connectivity index (χ1n) is 5.90. The summed E-state index contributed by atoms with van der Waals surface area (Å²) in [6.07, 6.45) is -0.114. The number of hydrogen-bond donors (Lipinski definition) is 3. The van der Waals surface area contributed by atoms with Crippen molar-refractivity contribution < 1.29 is 24.2 Å². The van der Waals surface area contributed by atoms with Crippen LogP contribution in [0.2, 0.25) is 0 Å². The fourth-order valence-corrected chi connectivity index (χ4v) is 1.45. The van der Waals surface area contributed by atoms with E-state index in [1.54, 1.807) is 0 Å². The number of benzene rings is 1. The van der Waals surface area contributed by atoms with Crippen LogP contribution in [0.5, 0.6) is 0 Å². The molecule has 1 aromatic rings. The number of carboxylic acids is 1. The summed E-state index contributed by atoms with van der Waals surface area (Å²) in [6.45, 7) is 0. The number of carbonyl (C=O) groups excluding carboxylic acids is 2. The smallest absolute Gasteiger partial charge is 0.337 e. The molecular weight excluding hydrogens is 264 g/mol. The standard InChI is InChI=1S/C13H16N2O5/c1-20-13(19)8-2-4-9(5-3-8)15-12(18)10(14)6-7-11(16)17/h2-5,10H,6-7,14H2,1H3,(H,15,18)(H,16,17). The Hall–Kier alpha value is -2.41. The van der Waals surface area contributed by atoms with E-state index in [0.717, 1.165) is 0 Å². The van der Waals surface area contributed by atoms with Crippen molar-refractivity contribution in [2.75, 3.05) is 12.4 Å². The number of esters is 1. The van der Waals surface area contributed by atoms with Crippen molar-refractivity contribution in [3.8, 4) is 0 Å². The minimum Gasteiger partial charge on any atom is -0.481 e. The van der Waals surface area contributed by atoms with Gasteiger partial charge in [0.1, 0.15) is 0 Å². The molecule has 0 aliphatic carbocycles. The number of carboxylic acid groups (broad SMARTS) is 1. The van der Waals surface area contributed by atoms with Crippen LogP contribution in [0.25, 0.3) is 0 Å². The molecular formula is C13H16N2O5. The zero-order chi connectivity index (χ0) is 15.1. The highest BCUT2D eigenvalue weighted by molar-refractivity contribution is 5.95. The molecule has 1 aromatic carbocycles. The summed E-state index contributed by atoms with van der Waals surface area (Å²) >= 11 is 0. The molecule has 7 heteroatoms. The Morgan fingerprint density at radius 3 is 2.40 bits per heavy atom. The third-order valence-electron chi connectivity index (χ3n) is 2.58. The van der Waals surface area contributed by atoms with E-state index < -0.39 is 23.9 Å². The number of amides is 1. The fraction of sp³-hybridized carbons (Fsp3) is 0.308. The highest BCUT2D eigenvalue weighted by atomic mass is 16.5. The fourth-order valence-electron chi connectivity index (χ4n) is 1.45. The Balaban J connectivity index is 2.57. The molecule has 0 aliphatic heterocycles. The van der Waals surface area contributed by atoms with E-state index in [1.165, 1.54) is 31.4 Å². The molecule has 1 rings (SSSR count). The summed E-state index contributed by atoms with van der Waals surface area (Å²) in [6, 6.07) is 5.18. The number of rotatable bonds is 6. The molecule has 0 radical (unpaired) electrons. The molecule has 0 heterocycles. The molecule has 0 fully saturated rings. The highest BCUT2D eigenvalue weighted by Crippen LogP contribution is 2.11. The Bertz CT molecular complexity index is 498. The predicted molar refractivity (Wildman–Crippen MR) is 71.3 cm³/mol. The van der Waals surface area contributed by atoms with Gasteiger partial charge in [-0.15, -0.1) is 0 Å². The van der Waals surface area contributed by atoms with Crippen LogP contribution in [0.4, 0.5) is 5.69 Å². The summed E-state index contributed by atoms with van der Waals surface area (Å²) < 4.78 is 4.55. The lowest BCUT2D eigenvalue weighted by Crippen LogP contribution is -2.36. The molecule has 0 aliphatic rings. The van der Waals surface area contributed by atoms with Gasteiger partial charge in [-0.25, -0.2) is 4.79 Å². The van der Waals surface area contributed by atoms with Crippen LogP contribution in [0, 0.1) is 0 Å². The van der Waals surface area contributed by atoms with Gasteiger partial charge in [0.15, 0.2) is 0 Å². The highest BCUT2D eigenvalue weighted by Gasteiger charge is 2.15. The lowest BCUT2D eigenvalue weighted by molar-refractivity contribution is -0.137. The van der Waals surface area contributed by atoms with E-state index in [-0.39, 0.29) is 12.8 Å². The molecule has 108 valence electrons. The largest absolute Gasteiger partial charge is 0.481 e. The topological polar surface area (TPSA) is 119 Å². The summed E-state index contributed by atoms with van der Waals surface area (Å²) in [5.41, 5.74) is 6.39. The average Bonchev–Trinajstić information content (AvgIpc) is 2.44. The quantitative estimate of drug-likeness (QED) is 0.657. The molecule has 0 saturated heterocycles. The van der Waals surface area contributed by atoms with Gasteiger partial charge in [-0.3, -0.25) is 9.59 Å². The van der Waals surface area contributed by atoms with E-state index in [0.29, 0.717) is 11.3 Å². The molecule has 20 heavy (non-hydrogen) atoms. The van der Waals surface area contributed by atoms with Gasteiger partial charge < -0.3 is 20.9 Å². The summed E-state index contributed by atoms with van der Waals surface area (Å²) in [7, 11) is 1.28. The number of ether oxygens (including phenoxy) is 1. The van der Waals surface area contributed by atoms with Crippen LogP contribution in [0.1, 0.15) is 23.2 Å². The van der Waals surface area contributed by atoms with E-state index >= 15 is 0 Å². The maximum atomic E-state index is 11.7. The Labute approximate surface area is 115 Å². The molecule has 4 N–H and O–H groups in total. The van der Waals surface area contributed by atoms with Crippen molar-refractivity contribution in [2.24, 2.45) is 5.73 Å². The van der Waals surface area contributed by atoms with E-state index in [2.05, 4.69) is 10.1 Å². The van der Waals surface area contributed by atoms with Gasteiger partial charge in [0.2, 0.25) is 5.91 Å². The first-order valence-corrected chi connectivity index (χ1v) is 5.90. The average molecular weight is 280 g/mol. The van der Waals surface area contributed by atoms with Gasteiger partial charge in [0.05, 0.1) is 18.7 Å². The first kappa shape index (κ1) is 15.6. The van der Waals surface area contributed by atoms with Crippen molar-refractivity contribution in [2.45, 2.75) is 18.9 Å². The van der Waals surface area contributed by atoms with Crippen molar-refractivity contribution in [1.82, 2.24) is 0 Å². The lowest BCUT2D eigenvalue weighted by Gasteiger charge is -2.11. The second kappa shape index (κ2) is 7.25. The van der Waals surface area contributed by atoms with Crippen LogP contribution in [-0.2, 0) is 14.3 Å². The monoisotopic (exact) mass is 280 g/mol. The summed E-state index contributed by atoms with van der Waals surface area (Å²) in [5, 5.41) is 11.0. The van der Waals surface area contributed by atoms with Crippen molar-refractivity contribution in [3.63, 3.8) is 0 Å². The number of nitrogens with two attached hydrogens (primary N) is 1. The number of nitrogens with one attached hydrogen (secondary N) is 1. The van der Waals surface area contributed by atoms with Gasteiger partial charge in [0, 0.05) is 12.1 Å². The molecule has 1 amide bonds. The Kier molecular flexibility index (Phi) is 5.67. The maximum absolute atomic E-state index is 11.7. The summed E-state index contributed by atoms with van der Waals surface area (Å²) in [4.78, 5) is 33.3. The van der Waals surface area contributed by atoms with Crippen LogP contribution >= 0.6 is 0 Å². The minimum absolute atomic E-state index is 0.0570. The van der Waals surface area contributed by atoms with Gasteiger partial charge in [0.25, 0.3) is 0 Å². The third kappa shape index (κ3) is 4.69. The SMILES string of the molecule is COC(=O)c1ccc(NC(=O)C(N)CCC(=O)O)cc1. The van der Waals surface area contributed by atoms with Crippen LogP contribution in [0.15, 0.2) is 24.3 Å².